The monoisotopic (exact) mass is 245 g/mol. The Labute approximate surface area is 104 Å². The quantitative estimate of drug-likeness (QED) is 0.819. The van der Waals surface area contributed by atoms with Crippen molar-refractivity contribution in [3.05, 3.63) is 34.6 Å². The van der Waals surface area contributed by atoms with Gasteiger partial charge in [0, 0.05) is 29.9 Å². The van der Waals surface area contributed by atoms with Gasteiger partial charge in [-0.3, -0.25) is 4.79 Å². The molecule has 2 aromatic rings. The SMILES string of the molecule is Cc1ncc2cn(C3CC(C)(O)C3)c(=O)cc2n1. The normalized spacial score (nSPS) is 27.2. The third-order valence-corrected chi connectivity index (χ3v) is 3.51. The summed E-state index contributed by atoms with van der Waals surface area (Å²) in [5, 5.41) is 10.6. The second-order valence-electron chi connectivity index (χ2n) is 5.34. The van der Waals surface area contributed by atoms with Gasteiger partial charge in [0.05, 0.1) is 11.1 Å². The molecule has 2 aromatic heterocycles. The van der Waals surface area contributed by atoms with Gasteiger partial charge in [0.2, 0.25) is 0 Å². The van der Waals surface area contributed by atoms with Gasteiger partial charge in [0.25, 0.3) is 5.56 Å². The maximum Gasteiger partial charge on any atom is 0.252 e. The number of aromatic nitrogens is 3. The van der Waals surface area contributed by atoms with Gasteiger partial charge in [-0.05, 0) is 26.7 Å². The van der Waals surface area contributed by atoms with Crippen molar-refractivity contribution in [2.75, 3.05) is 0 Å². The molecular weight excluding hydrogens is 230 g/mol. The Morgan fingerprint density at radius 3 is 2.89 bits per heavy atom. The van der Waals surface area contributed by atoms with Crippen LogP contribution in [-0.2, 0) is 0 Å². The summed E-state index contributed by atoms with van der Waals surface area (Å²) in [5.41, 5.74) is -0.0287. The second-order valence-corrected chi connectivity index (χ2v) is 5.34. The van der Waals surface area contributed by atoms with E-state index in [1.54, 1.807) is 30.8 Å². The van der Waals surface area contributed by atoms with E-state index in [1.165, 1.54) is 6.07 Å². The van der Waals surface area contributed by atoms with Crippen LogP contribution in [0.4, 0.5) is 0 Å². The Balaban J connectivity index is 2.06. The molecule has 0 unspecified atom stereocenters. The standard InChI is InChI=1S/C13H15N3O2/c1-8-14-6-9-7-16(10-4-13(2,18)5-10)12(17)3-11(9)15-8/h3,6-7,10,18H,4-5H2,1-2H3. The maximum absolute atomic E-state index is 12.0. The van der Waals surface area contributed by atoms with Crippen LogP contribution in [-0.4, -0.2) is 25.2 Å². The number of rotatable bonds is 1. The highest BCUT2D eigenvalue weighted by molar-refractivity contribution is 5.76. The van der Waals surface area contributed by atoms with Gasteiger partial charge in [-0.1, -0.05) is 0 Å². The zero-order chi connectivity index (χ0) is 12.9. The molecule has 5 heteroatoms. The van der Waals surface area contributed by atoms with Gasteiger partial charge in [0.15, 0.2) is 0 Å². The fourth-order valence-corrected chi connectivity index (χ4v) is 2.55. The zero-order valence-corrected chi connectivity index (χ0v) is 10.4. The third-order valence-electron chi connectivity index (χ3n) is 3.51. The zero-order valence-electron chi connectivity index (χ0n) is 10.4. The lowest BCUT2D eigenvalue weighted by molar-refractivity contribution is -0.0517. The molecule has 1 aliphatic carbocycles. The number of aliphatic hydroxyl groups is 1. The van der Waals surface area contributed by atoms with Crippen LogP contribution < -0.4 is 5.56 Å². The summed E-state index contributed by atoms with van der Waals surface area (Å²) in [6, 6.07) is 1.62. The molecule has 1 aliphatic rings. The van der Waals surface area contributed by atoms with Crippen LogP contribution in [0.3, 0.4) is 0 Å². The molecule has 3 rings (SSSR count). The van der Waals surface area contributed by atoms with E-state index in [4.69, 9.17) is 0 Å². The first-order valence-corrected chi connectivity index (χ1v) is 6.03. The van der Waals surface area contributed by atoms with Gasteiger partial charge in [-0.25, -0.2) is 9.97 Å². The molecule has 0 atom stereocenters. The minimum absolute atomic E-state index is 0.0684. The summed E-state index contributed by atoms with van der Waals surface area (Å²) < 4.78 is 1.68. The molecular formula is C13H15N3O2. The second kappa shape index (κ2) is 3.62. The largest absolute Gasteiger partial charge is 0.390 e. The molecule has 1 fully saturated rings. The first-order chi connectivity index (χ1) is 8.44. The topological polar surface area (TPSA) is 68.0 Å². The van der Waals surface area contributed by atoms with E-state index in [9.17, 15) is 9.90 Å². The molecule has 94 valence electrons. The lowest BCUT2D eigenvalue weighted by atomic mass is 9.77. The van der Waals surface area contributed by atoms with Crippen LogP contribution in [0.1, 0.15) is 31.6 Å². The summed E-state index contributed by atoms with van der Waals surface area (Å²) in [6.07, 6.45) is 4.75. The van der Waals surface area contributed by atoms with E-state index in [2.05, 4.69) is 9.97 Å². The maximum atomic E-state index is 12.0. The molecule has 5 nitrogen and oxygen atoms in total. The van der Waals surface area contributed by atoms with Crippen LogP contribution in [0.25, 0.3) is 10.9 Å². The van der Waals surface area contributed by atoms with Crippen LogP contribution in [0, 0.1) is 6.92 Å². The Bertz CT molecular complexity index is 667. The van der Waals surface area contributed by atoms with Crippen molar-refractivity contribution in [2.45, 2.75) is 38.3 Å². The minimum atomic E-state index is -0.636. The third kappa shape index (κ3) is 1.80. The summed E-state index contributed by atoms with van der Waals surface area (Å²) in [6.45, 7) is 3.59. The van der Waals surface area contributed by atoms with E-state index in [1.807, 2.05) is 0 Å². The highest BCUT2D eigenvalue weighted by Crippen LogP contribution is 2.40. The molecule has 1 N–H and O–H groups in total. The highest BCUT2D eigenvalue weighted by Gasteiger charge is 2.39. The summed E-state index contributed by atoms with van der Waals surface area (Å²) >= 11 is 0. The van der Waals surface area contributed by atoms with Gasteiger partial charge < -0.3 is 9.67 Å². The predicted octanol–water partition coefficient (Wildman–Crippen LogP) is 1.19. The van der Waals surface area contributed by atoms with E-state index in [0.29, 0.717) is 24.2 Å². The molecule has 0 bridgehead atoms. The fraction of sp³-hybridized carbons (Fsp3) is 0.462. The molecule has 0 aromatic carbocycles. The lowest BCUT2D eigenvalue weighted by Crippen LogP contribution is -2.44. The predicted molar refractivity (Wildman–Crippen MR) is 67.4 cm³/mol. The number of hydrogen-bond donors (Lipinski definition) is 1. The highest BCUT2D eigenvalue weighted by atomic mass is 16.3. The lowest BCUT2D eigenvalue weighted by Gasteiger charge is -2.41. The number of pyridine rings is 1. The summed E-state index contributed by atoms with van der Waals surface area (Å²) in [7, 11) is 0. The Morgan fingerprint density at radius 1 is 1.50 bits per heavy atom. The average Bonchev–Trinajstić information content (AvgIpc) is 2.24. The van der Waals surface area contributed by atoms with Crippen molar-refractivity contribution in [1.82, 2.24) is 14.5 Å². The smallest absolute Gasteiger partial charge is 0.252 e. The number of aryl methyl sites for hydroxylation is 1. The van der Waals surface area contributed by atoms with Crippen LogP contribution in [0.2, 0.25) is 0 Å². The Morgan fingerprint density at radius 2 is 2.22 bits per heavy atom. The molecule has 18 heavy (non-hydrogen) atoms. The van der Waals surface area contributed by atoms with Crippen LogP contribution >= 0.6 is 0 Å². The fourth-order valence-electron chi connectivity index (χ4n) is 2.55. The van der Waals surface area contributed by atoms with Crippen molar-refractivity contribution in [1.29, 1.82) is 0 Å². The van der Waals surface area contributed by atoms with E-state index >= 15 is 0 Å². The molecule has 0 spiro atoms. The van der Waals surface area contributed by atoms with E-state index in [0.717, 1.165) is 5.39 Å². The van der Waals surface area contributed by atoms with E-state index < -0.39 is 5.60 Å². The number of fused-ring (bicyclic) bond motifs is 1. The number of nitrogens with zero attached hydrogens (tertiary/aromatic N) is 3. The van der Waals surface area contributed by atoms with Gasteiger partial charge in [-0.15, -0.1) is 0 Å². The first kappa shape index (κ1) is 11.3. The van der Waals surface area contributed by atoms with Crippen molar-refractivity contribution in [2.24, 2.45) is 0 Å². The molecule has 1 saturated carbocycles. The Hall–Kier alpha value is -1.75. The molecule has 0 amide bonds. The van der Waals surface area contributed by atoms with Crippen molar-refractivity contribution in [3.8, 4) is 0 Å². The van der Waals surface area contributed by atoms with Crippen molar-refractivity contribution in [3.63, 3.8) is 0 Å². The van der Waals surface area contributed by atoms with Crippen LogP contribution in [0.15, 0.2) is 23.3 Å². The van der Waals surface area contributed by atoms with E-state index in [-0.39, 0.29) is 11.6 Å². The summed E-state index contributed by atoms with van der Waals surface area (Å²) in [4.78, 5) is 20.4. The van der Waals surface area contributed by atoms with Gasteiger partial charge >= 0.3 is 0 Å². The average molecular weight is 245 g/mol. The Kier molecular flexibility index (Phi) is 2.28. The molecule has 2 heterocycles. The molecule has 0 saturated heterocycles. The van der Waals surface area contributed by atoms with Crippen molar-refractivity contribution < 1.29 is 5.11 Å². The van der Waals surface area contributed by atoms with Crippen LogP contribution in [0.5, 0.6) is 0 Å². The minimum Gasteiger partial charge on any atom is -0.390 e. The molecule has 0 radical (unpaired) electrons. The molecule has 0 aliphatic heterocycles. The summed E-state index contributed by atoms with van der Waals surface area (Å²) in [5.74, 6) is 0.659. The first-order valence-electron chi connectivity index (χ1n) is 6.03. The van der Waals surface area contributed by atoms with Gasteiger partial charge in [-0.2, -0.15) is 0 Å². The van der Waals surface area contributed by atoms with Crippen molar-refractivity contribution >= 4 is 10.9 Å². The van der Waals surface area contributed by atoms with Gasteiger partial charge in [0.1, 0.15) is 5.82 Å². The number of hydrogen-bond acceptors (Lipinski definition) is 4.